The van der Waals surface area contributed by atoms with Crippen molar-refractivity contribution in [1.29, 1.82) is 0 Å². The second kappa shape index (κ2) is 4.74. The molecule has 94 valence electrons. The average Bonchev–Trinajstić information content (AvgIpc) is 2.59. The molecule has 1 aliphatic rings. The van der Waals surface area contributed by atoms with Crippen molar-refractivity contribution in [3.63, 3.8) is 0 Å². The third-order valence-electron chi connectivity index (χ3n) is 3.49. The Morgan fingerprint density at radius 1 is 1.59 bits per heavy atom. The predicted molar refractivity (Wildman–Crippen MR) is 67.5 cm³/mol. The fourth-order valence-electron chi connectivity index (χ4n) is 2.28. The smallest absolute Gasteiger partial charge is 0.311 e. The van der Waals surface area contributed by atoms with Crippen LogP contribution in [0, 0.1) is 19.3 Å². The molecule has 0 aliphatic carbocycles. The Morgan fingerprint density at radius 2 is 2.35 bits per heavy atom. The molecule has 2 heterocycles. The number of nitrogens with zero attached hydrogens (tertiary/aromatic N) is 1. The quantitative estimate of drug-likeness (QED) is 0.862. The van der Waals surface area contributed by atoms with Crippen LogP contribution in [-0.4, -0.2) is 29.1 Å². The van der Waals surface area contributed by atoms with E-state index in [1.54, 1.807) is 11.3 Å². The number of aryl methyl sites for hydroxylation is 2. The van der Waals surface area contributed by atoms with E-state index >= 15 is 0 Å². The van der Waals surface area contributed by atoms with Crippen molar-refractivity contribution in [3.8, 4) is 0 Å². The van der Waals surface area contributed by atoms with E-state index in [0.29, 0.717) is 13.0 Å². The summed E-state index contributed by atoms with van der Waals surface area (Å²) in [5, 5.41) is 13.6. The molecule has 1 aliphatic heterocycles. The van der Waals surface area contributed by atoms with Gasteiger partial charge in [0, 0.05) is 17.8 Å². The van der Waals surface area contributed by atoms with Crippen molar-refractivity contribution < 1.29 is 9.90 Å². The zero-order chi connectivity index (χ0) is 12.5. The second-order valence-electron chi connectivity index (χ2n) is 4.79. The number of nitrogens with one attached hydrogen (secondary N) is 1. The molecule has 1 fully saturated rings. The molecular formula is C12H18N2O2S. The van der Waals surface area contributed by atoms with Crippen LogP contribution in [0.15, 0.2) is 0 Å². The van der Waals surface area contributed by atoms with Gasteiger partial charge in [0.25, 0.3) is 0 Å². The fourth-order valence-corrected chi connectivity index (χ4v) is 3.36. The lowest BCUT2D eigenvalue weighted by Gasteiger charge is -2.32. The van der Waals surface area contributed by atoms with Gasteiger partial charge >= 0.3 is 5.97 Å². The van der Waals surface area contributed by atoms with E-state index in [1.165, 1.54) is 4.88 Å². The number of carboxylic acids is 1. The van der Waals surface area contributed by atoms with Gasteiger partial charge in [0.2, 0.25) is 0 Å². The molecule has 17 heavy (non-hydrogen) atoms. The maximum Gasteiger partial charge on any atom is 0.311 e. The Kier molecular flexibility index (Phi) is 3.49. The number of aliphatic carboxylic acids is 1. The highest BCUT2D eigenvalue weighted by Gasteiger charge is 2.40. The maximum absolute atomic E-state index is 11.5. The Hall–Kier alpha value is -0.940. The first-order valence-corrected chi connectivity index (χ1v) is 6.72. The van der Waals surface area contributed by atoms with Gasteiger partial charge in [-0.15, -0.1) is 11.3 Å². The highest BCUT2D eigenvalue weighted by molar-refractivity contribution is 7.11. The summed E-state index contributed by atoms with van der Waals surface area (Å²) in [7, 11) is 0. The first-order valence-electron chi connectivity index (χ1n) is 5.90. The average molecular weight is 254 g/mol. The molecule has 4 nitrogen and oxygen atoms in total. The van der Waals surface area contributed by atoms with E-state index < -0.39 is 11.4 Å². The number of rotatable bonds is 3. The molecule has 1 unspecified atom stereocenters. The molecular weight excluding hydrogens is 236 g/mol. The summed E-state index contributed by atoms with van der Waals surface area (Å²) in [5.74, 6) is -0.699. The molecule has 1 aromatic rings. The van der Waals surface area contributed by atoms with Gasteiger partial charge in [-0.3, -0.25) is 4.79 Å². The van der Waals surface area contributed by atoms with E-state index in [1.807, 2.05) is 13.8 Å². The predicted octanol–water partition coefficient (Wildman–Crippen LogP) is 1.76. The van der Waals surface area contributed by atoms with Gasteiger partial charge in [-0.05, 0) is 33.2 Å². The van der Waals surface area contributed by atoms with E-state index in [9.17, 15) is 9.90 Å². The Balaban J connectivity index is 2.20. The topological polar surface area (TPSA) is 62.2 Å². The molecule has 5 heteroatoms. The monoisotopic (exact) mass is 254 g/mol. The minimum atomic E-state index is -0.699. The second-order valence-corrected chi connectivity index (χ2v) is 6.08. The van der Waals surface area contributed by atoms with Crippen molar-refractivity contribution in [1.82, 2.24) is 10.3 Å². The normalized spacial score (nSPS) is 24.8. The Bertz CT molecular complexity index is 403. The van der Waals surface area contributed by atoms with Gasteiger partial charge in [0.15, 0.2) is 0 Å². The van der Waals surface area contributed by atoms with Crippen LogP contribution < -0.4 is 5.32 Å². The molecule has 1 saturated heterocycles. The number of aromatic nitrogens is 1. The molecule has 2 rings (SSSR count). The third-order valence-corrected chi connectivity index (χ3v) is 4.56. The fraction of sp³-hybridized carbons (Fsp3) is 0.667. The van der Waals surface area contributed by atoms with Crippen molar-refractivity contribution in [2.24, 2.45) is 5.41 Å². The van der Waals surface area contributed by atoms with Crippen LogP contribution >= 0.6 is 11.3 Å². The zero-order valence-corrected chi connectivity index (χ0v) is 11.1. The summed E-state index contributed by atoms with van der Waals surface area (Å²) in [4.78, 5) is 17.2. The summed E-state index contributed by atoms with van der Waals surface area (Å²) in [6.07, 6.45) is 2.22. The van der Waals surface area contributed by atoms with Crippen molar-refractivity contribution >= 4 is 17.3 Å². The molecule has 2 N–H and O–H groups in total. The van der Waals surface area contributed by atoms with Crippen molar-refractivity contribution in [2.75, 3.05) is 13.1 Å². The summed E-state index contributed by atoms with van der Waals surface area (Å²) in [5.41, 5.74) is 0.365. The molecule has 1 atom stereocenters. The highest BCUT2D eigenvalue weighted by atomic mass is 32.1. The van der Waals surface area contributed by atoms with Crippen molar-refractivity contribution in [3.05, 3.63) is 15.6 Å². The number of thiazole rings is 1. The minimum absolute atomic E-state index is 0.550. The van der Waals surface area contributed by atoms with Crippen LogP contribution in [0.4, 0.5) is 0 Å². The summed E-state index contributed by atoms with van der Waals surface area (Å²) in [6, 6.07) is 0. The van der Waals surface area contributed by atoms with E-state index in [2.05, 4.69) is 10.3 Å². The number of hydrogen-bond acceptors (Lipinski definition) is 4. The number of piperidine rings is 1. The summed E-state index contributed by atoms with van der Waals surface area (Å²) >= 11 is 1.62. The van der Waals surface area contributed by atoms with Crippen LogP contribution in [0.2, 0.25) is 0 Å². The van der Waals surface area contributed by atoms with Crippen molar-refractivity contribution in [2.45, 2.75) is 33.1 Å². The highest BCUT2D eigenvalue weighted by Crippen LogP contribution is 2.32. The third kappa shape index (κ3) is 2.50. The summed E-state index contributed by atoms with van der Waals surface area (Å²) < 4.78 is 0. The van der Waals surface area contributed by atoms with Gasteiger partial charge in [0.05, 0.1) is 16.1 Å². The molecule has 0 aromatic carbocycles. The largest absolute Gasteiger partial charge is 0.481 e. The van der Waals surface area contributed by atoms with Gasteiger partial charge < -0.3 is 10.4 Å². The Labute approximate surface area is 105 Å². The number of hydrogen-bond donors (Lipinski definition) is 2. The lowest BCUT2D eigenvalue weighted by molar-refractivity contribution is -0.150. The standard InChI is InChI=1S/C12H18N2O2S/c1-8-9(2)17-10(14-8)6-12(11(15)16)4-3-5-13-7-12/h13H,3-7H2,1-2H3,(H,15,16). The molecule has 1 aromatic heterocycles. The first-order chi connectivity index (χ1) is 8.03. The van der Waals surface area contributed by atoms with Crippen LogP contribution in [0.3, 0.4) is 0 Å². The van der Waals surface area contributed by atoms with E-state index in [-0.39, 0.29) is 0 Å². The number of carboxylic acid groups (broad SMARTS) is 1. The van der Waals surface area contributed by atoms with Gasteiger partial charge in [0.1, 0.15) is 0 Å². The summed E-state index contributed by atoms with van der Waals surface area (Å²) in [6.45, 7) is 5.48. The SMILES string of the molecule is Cc1nc(CC2(C(=O)O)CCCNC2)sc1C. The molecule has 0 amide bonds. The van der Waals surface area contributed by atoms with Crippen LogP contribution in [-0.2, 0) is 11.2 Å². The lowest BCUT2D eigenvalue weighted by atomic mass is 9.78. The van der Waals surface area contributed by atoms with E-state index in [4.69, 9.17) is 0 Å². The molecule has 0 spiro atoms. The van der Waals surface area contributed by atoms with Gasteiger partial charge in [-0.2, -0.15) is 0 Å². The maximum atomic E-state index is 11.5. The van der Waals surface area contributed by atoms with Crippen LogP contribution in [0.25, 0.3) is 0 Å². The Morgan fingerprint density at radius 3 is 2.82 bits per heavy atom. The van der Waals surface area contributed by atoms with Gasteiger partial charge in [-0.25, -0.2) is 4.98 Å². The molecule has 0 saturated carbocycles. The molecule has 0 bridgehead atoms. The lowest BCUT2D eigenvalue weighted by Crippen LogP contribution is -2.47. The number of carbonyl (C=O) groups is 1. The van der Waals surface area contributed by atoms with Crippen LogP contribution in [0.1, 0.15) is 28.4 Å². The first kappa shape index (κ1) is 12.5. The molecule has 0 radical (unpaired) electrons. The minimum Gasteiger partial charge on any atom is -0.481 e. The van der Waals surface area contributed by atoms with Gasteiger partial charge in [-0.1, -0.05) is 0 Å². The zero-order valence-electron chi connectivity index (χ0n) is 10.2. The van der Waals surface area contributed by atoms with E-state index in [0.717, 1.165) is 30.1 Å². The van der Waals surface area contributed by atoms with Crippen LogP contribution in [0.5, 0.6) is 0 Å².